The van der Waals surface area contributed by atoms with E-state index in [1.165, 1.54) is 5.56 Å². The van der Waals surface area contributed by atoms with Gasteiger partial charge in [-0.3, -0.25) is 4.79 Å². The Morgan fingerprint density at radius 3 is 2.24 bits per heavy atom. The van der Waals surface area contributed by atoms with E-state index in [4.69, 9.17) is 14.2 Å². The minimum absolute atomic E-state index is 0.101. The van der Waals surface area contributed by atoms with E-state index in [0.29, 0.717) is 18.9 Å². The number of ether oxygens (including phenoxy) is 3. The largest absolute Gasteiger partial charge is 0.459 e. The second-order valence-electron chi connectivity index (χ2n) is 6.62. The molecule has 0 amide bonds. The van der Waals surface area contributed by atoms with Crippen molar-refractivity contribution in [2.75, 3.05) is 13.2 Å². The van der Waals surface area contributed by atoms with Gasteiger partial charge in [0, 0.05) is 6.61 Å². The number of carbonyl (C=O) groups excluding carboxylic acids is 1. The number of rotatable bonds is 11. The fourth-order valence-electron chi connectivity index (χ4n) is 2.43. The van der Waals surface area contributed by atoms with E-state index in [-0.39, 0.29) is 18.5 Å². The molecule has 3 atom stereocenters. The lowest BCUT2D eigenvalue weighted by Gasteiger charge is -2.21. The summed E-state index contributed by atoms with van der Waals surface area (Å²) in [6.07, 6.45) is 1.21. The van der Waals surface area contributed by atoms with E-state index in [2.05, 4.69) is 26.0 Å². The van der Waals surface area contributed by atoms with Crippen molar-refractivity contribution in [2.24, 2.45) is 5.92 Å². The number of hydrogen-bond acceptors (Lipinski definition) is 5. The first-order valence-corrected chi connectivity index (χ1v) is 9.07. The van der Waals surface area contributed by atoms with Crippen LogP contribution in [-0.2, 0) is 25.4 Å². The van der Waals surface area contributed by atoms with Gasteiger partial charge in [-0.25, -0.2) is 0 Å². The van der Waals surface area contributed by atoms with Crippen molar-refractivity contribution in [1.29, 1.82) is 0 Å². The van der Waals surface area contributed by atoms with Gasteiger partial charge in [0.25, 0.3) is 6.48 Å². The van der Waals surface area contributed by atoms with E-state index in [1.54, 1.807) is 6.92 Å². The van der Waals surface area contributed by atoms with Crippen LogP contribution < -0.4 is 0 Å². The third-order valence-electron chi connectivity index (χ3n) is 3.95. The standard InChI is InChI=1S/C20H32O5/c1-6-18(13-24-20(22)23-7-2)25-19(21)15(5)17-10-8-16(9-11-17)12-14(3)4/h8-11,14-15,18,20,22H,6-7,12-13H2,1-5H3/t15-,18?,20-/m0/s1. The Labute approximate surface area is 151 Å². The molecule has 0 aliphatic carbocycles. The molecule has 0 bridgehead atoms. The maximum atomic E-state index is 12.4. The van der Waals surface area contributed by atoms with Crippen LogP contribution in [-0.4, -0.2) is 36.9 Å². The van der Waals surface area contributed by atoms with Crippen molar-refractivity contribution in [1.82, 2.24) is 0 Å². The van der Waals surface area contributed by atoms with Gasteiger partial charge in [-0.15, -0.1) is 0 Å². The van der Waals surface area contributed by atoms with Crippen LogP contribution in [0.5, 0.6) is 0 Å². The molecule has 0 spiro atoms. The second kappa shape index (κ2) is 11.2. The molecule has 0 fully saturated rings. The van der Waals surface area contributed by atoms with Crippen molar-refractivity contribution in [2.45, 2.75) is 66.0 Å². The predicted molar refractivity (Wildman–Crippen MR) is 97.2 cm³/mol. The topological polar surface area (TPSA) is 65.0 Å². The lowest BCUT2D eigenvalue weighted by molar-refractivity contribution is -0.269. The van der Waals surface area contributed by atoms with E-state index in [9.17, 15) is 9.90 Å². The molecule has 5 nitrogen and oxygen atoms in total. The molecular formula is C20H32O5. The first-order valence-electron chi connectivity index (χ1n) is 9.07. The van der Waals surface area contributed by atoms with E-state index < -0.39 is 12.6 Å². The zero-order valence-corrected chi connectivity index (χ0v) is 16.0. The van der Waals surface area contributed by atoms with Gasteiger partial charge in [-0.05, 0) is 43.7 Å². The average molecular weight is 352 g/mol. The summed E-state index contributed by atoms with van der Waals surface area (Å²) in [6.45, 7) is 9.03. The summed E-state index contributed by atoms with van der Waals surface area (Å²) in [5, 5.41) is 9.42. The Morgan fingerprint density at radius 1 is 1.08 bits per heavy atom. The van der Waals surface area contributed by atoms with Crippen molar-refractivity contribution < 1.29 is 24.1 Å². The average Bonchev–Trinajstić information content (AvgIpc) is 2.58. The van der Waals surface area contributed by atoms with Crippen LogP contribution in [0.25, 0.3) is 0 Å². The van der Waals surface area contributed by atoms with Gasteiger partial charge in [0.2, 0.25) is 0 Å². The minimum Gasteiger partial charge on any atom is -0.459 e. The highest BCUT2D eigenvalue weighted by Crippen LogP contribution is 2.20. The maximum Gasteiger partial charge on any atom is 0.313 e. The minimum atomic E-state index is -1.29. The molecule has 142 valence electrons. The number of aliphatic hydroxyl groups is 1. The molecule has 0 saturated carbocycles. The first-order chi connectivity index (χ1) is 11.9. The highest BCUT2D eigenvalue weighted by atomic mass is 16.8. The molecule has 1 rings (SSSR count). The van der Waals surface area contributed by atoms with E-state index in [0.717, 1.165) is 12.0 Å². The normalized spacial score (nSPS) is 15.0. The summed E-state index contributed by atoms with van der Waals surface area (Å²) in [6, 6.07) is 8.11. The van der Waals surface area contributed by atoms with Crippen LogP contribution in [0, 0.1) is 5.92 Å². The van der Waals surface area contributed by atoms with Gasteiger partial charge in [-0.2, -0.15) is 0 Å². The Balaban J connectivity index is 2.56. The summed E-state index contributed by atoms with van der Waals surface area (Å²) >= 11 is 0. The molecule has 0 aromatic heterocycles. The Morgan fingerprint density at radius 2 is 1.72 bits per heavy atom. The van der Waals surface area contributed by atoms with E-state index >= 15 is 0 Å². The van der Waals surface area contributed by atoms with Gasteiger partial charge in [0.15, 0.2) is 0 Å². The molecule has 0 aliphatic heterocycles. The molecule has 25 heavy (non-hydrogen) atoms. The first kappa shape index (κ1) is 21.6. The Kier molecular flexibility index (Phi) is 9.71. The highest BCUT2D eigenvalue weighted by Gasteiger charge is 2.21. The molecule has 1 aromatic carbocycles. The van der Waals surface area contributed by atoms with Gasteiger partial charge in [0.1, 0.15) is 6.10 Å². The Hall–Kier alpha value is -1.43. The number of hydrogen-bond donors (Lipinski definition) is 1. The molecule has 1 aromatic rings. The molecule has 0 saturated heterocycles. The van der Waals surface area contributed by atoms with Gasteiger partial charge in [0.05, 0.1) is 12.5 Å². The summed E-state index contributed by atoms with van der Waals surface area (Å²) in [7, 11) is 0. The number of aliphatic hydroxyl groups excluding tert-OH is 1. The van der Waals surface area contributed by atoms with Crippen LogP contribution in [0.3, 0.4) is 0 Å². The van der Waals surface area contributed by atoms with Crippen LogP contribution in [0.2, 0.25) is 0 Å². The molecule has 5 heteroatoms. The van der Waals surface area contributed by atoms with E-state index in [1.807, 2.05) is 26.0 Å². The maximum absolute atomic E-state index is 12.4. The summed E-state index contributed by atoms with van der Waals surface area (Å²) in [4.78, 5) is 12.4. The van der Waals surface area contributed by atoms with Crippen molar-refractivity contribution in [3.05, 3.63) is 35.4 Å². The lowest BCUT2D eigenvalue weighted by atomic mass is 9.97. The van der Waals surface area contributed by atoms with Crippen LogP contribution >= 0.6 is 0 Å². The summed E-state index contributed by atoms with van der Waals surface area (Å²) in [5.74, 6) is -0.0393. The fraction of sp³-hybridized carbons (Fsp3) is 0.650. The number of benzene rings is 1. The van der Waals surface area contributed by atoms with Crippen molar-refractivity contribution >= 4 is 5.97 Å². The fourth-order valence-corrected chi connectivity index (χ4v) is 2.43. The van der Waals surface area contributed by atoms with Gasteiger partial charge >= 0.3 is 5.97 Å². The van der Waals surface area contributed by atoms with Crippen molar-refractivity contribution in [3.63, 3.8) is 0 Å². The second-order valence-corrected chi connectivity index (χ2v) is 6.62. The zero-order chi connectivity index (χ0) is 18.8. The monoisotopic (exact) mass is 352 g/mol. The third-order valence-corrected chi connectivity index (χ3v) is 3.95. The quantitative estimate of drug-likeness (QED) is 0.486. The predicted octanol–water partition coefficient (Wildman–Crippen LogP) is 3.64. The van der Waals surface area contributed by atoms with Crippen LogP contribution in [0.1, 0.15) is 58.1 Å². The van der Waals surface area contributed by atoms with Gasteiger partial charge in [-0.1, -0.05) is 45.0 Å². The van der Waals surface area contributed by atoms with Crippen LogP contribution in [0.15, 0.2) is 24.3 Å². The summed E-state index contributed by atoms with van der Waals surface area (Å²) in [5.41, 5.74) is 2.20. The summed E-state index contributed by atoms with van der Waals surface area (Å²) < 4.78 is 15.5. The highest BCUT2D eigenvalue weighted by molar-refractivity contribution is 5.77. The Bertz CT molecular complexity index is 497. The lowest BCUT2D eigenvalue weighted by Crippen LogP contribution is -2.29. The smallest absolute Gasteiger partial charge is 0.313 e. The van der Waals surface area contributed by atoms with Gasteiger partial charge < -0.3 is 19.3 Å². The molecule has 0 radical (unpaired) electrons. The zero-order valence-electron chi connectivity index (χ0n) is 16.0. The third kappa shape index (κ3) is 7.99. The molecular weight excluding hydrogens is 320 g/mol. The molecule has 0 aliphatic rings. The SMILES string of the molecule is CCO[C@H](O)OCC(CC)OC(=O)[C@@H](C)c1ccc(CC(C)C)cc1. The van der Waals surface area contributed by atoms with Crippen molar-refractivity contribution in [3.8, 4) is 0 Å². The number of carbonyl (C=O) groups is 1. The van der Waals surface area contributed by atoms with Crippen LogP contribution in [0.4, 0.5) is 0 Å². The molecule has 0 heterocycles. The number of esters is 1. The molecule has 1 unspecified atom stereocenters. The molecule has 1 N–H and O–H groups in total.